The first-order chi connectivity index (χ1) is 12.3. The molecule has 0 heterocycles. The molecule has 0 spiro atoms. The number of hydrogen-bond donors (Lipinski definition) is 2. The Morgan fingerprint density at radius 2 is 1.92 bits per heavy atom. The molecule has 0 fully saturated rings. The average molecular weight is 395 g/mol. The predicted octanol–water partition coefficient (Wildman–Crippen LogP) is 3.37. The molecule has 0 bridgehead atoms. The van der Waals surface area contributed by atoms with Crippen LogP contribution in [-0.2, 0) is 10.0 Å². The van der Waals surface area contributed by atoms with Crippen molar-refractivity contribution in [3.05, 3.63) is 65.2 Å². The third-order valence-electron chi connectivity index (χ3n) is 3.56. The van der Waals surface area contributed by atoms with Crippen LogP contribution in [0.4, 0.5) is 5.69 Å². The van der Waals surface area contributed by atoms with E-state index in [1.54, 1.807) is 25.1 Å². The Kier molecular flexibility index (Phi) is 6.28. The van der Waals surface area contributed by atoms with Crippen LogP contribution in [0.25, 0.3) is 0 Å². The lowest BCUT2D eigenvalue weighted by atomic mass is 10.2. The monoisotopic (exact) mass is 394 g/mol. The third kappa shape index (κ3) is 4.56. The summed E-state index contributed by atoms with van der Waals surface area (Å²) in [5.74, 6) is 0.00130. The average Bonchev–Trinajstić information content (AvgIpc) is 2.62. The number of carbonyl (C=O) groups excluding carboxylic acids is 1. The highest BCUT2D eigenvalue weighted by Gasteiger charge is 2.18. The quantitative estimate of drug-likeness (QED) is 0.705. The number of carbonyl (C=O) groups is 1. The number of anilines is 1. The van der Waals surface area contributed by atoms with Crippen molar-refractivity contribution in [1.29, 1.82) is 0 Å². The maximum Gasteiger partial charge on any atom is 0.262 e. The Hall–Kier alpha value is -2.51. The smallest absolute Gasteiger partial charge is 0.262 e. The van der Waals surface area contributed by atoms with Gasteiger partial charge in [0.15, 0.2) is 0 Å². The number of rotatable bonds is 7. The topological polar surface area (TPSA) is 84.5 Å². The minimum atomic E-state index is -3.86. The van der Waals surface area contributed by atoms with Gasteiger partial charge in [0.1, 0.15) is 5.75 Å². The molecule has 2 N–H and O–H groups in total. The van der Waals surface area contributed by atoms with E-state index in [9.17, 15) is 13.2 Å². The van der Waals surface area contributed by atoms with E-state index in [4.69, 9.17) is 16.3 Å². The highest BCUT2D eigenvalue weighted by Crippen LogP contribution is 2.32. The minimum absolute atomic E-state index is 0.0208. The van der Waals surface area contributed by atoms with E-state index in [2.05, 4.69) is 16.6 Å². The fourth-order valence-electron chi connectivity index (χ4n) is 2.17. The van der Waals surface area contributed by atoms with Crippen molar-refractivity contribution in [2.24, 2.45) is 0 Å². The molecular weight excluding hydrogens is 376 g/mol. The first-order valence-corrected chi connectivity index (χ1v) is 9.50. The van der Waals surface area contributed by atoms with E-state index < -0.39 is 10.0 Å². The van der Waals surface area contributed by atoms with Gasteiger partial charge in [-0.2, -0.15) is 0 Å². The van der Waals surface area contributed by atoms with E-state index in [0.29, 0.717) is 28.4 Å². The largest absolute Gasteiger partial charge is 0.495 e. The predicted molar refractivity (Wildman–Crippen MR) is 103 cm³/mol. The molecule has 8 heteroatoms. The number of sulfonamides is 1. The normalized spacial score (nSPS) is 10.9. The van der Waals surface area contributed by atoms with Crippen molar-refractivity contribution in [2.75, 3.05) is 18.4 Å². The summed E-state index contributed by atoms with van der Waals surface area (Å²) < 4.78 is 32.9. The molecule has 0 radical (unpaired) electrons. The summed E-state index contributed by atoms with van der Waals surface area (Å²) in [4.78, 5) is 11.9. The fourth-order valence-corrected chi connectivity index (χ4v) is 3.38. The van der Waals surface area contributed by atoms with Gasteiger partial charge in [-0.3, -0.25) is 9.52 Å². The summed E-state index contributed by atoms with van der Waals surface area (Å²) in [6.07, 6.45) is 1.56. The van der Waals surface area contributed by atoms with Crippen LogP contribution in [0.15, 0.2) is 53.9 Å². The SMILES string of the molecule is C=CCNC(=O)c1ccc(S(=O)(=O)Nc2cc(C)c(Cl)cc2OC)cc1. The molecule has 0 aliphatic rings. The zero-order valence-electron chi connectivity index (χ0n) is 14.4. The summed E-state index contributed by atoms with van der Waals surface area (Å²) in [5, 5.41) is 3.09. The Balaban J connectivity index is 2.27. The molecule has 0 unspecified atom stereocenters. The molecule has 6 nitrogen and oxygen atoms in total. The van der Waals surface area contributed by atoms with Crippen LogP contribution >= 0.6 is 11.6 Å². The van der Waals surface area contributed by atoms with Crippen LogP contribution in [0.2, 0.25) is 5.02 Å². The second kappa shape index (κ2) is 8.25. The highest BCUT2D eigenvalue weighted by atomic mass is 35.5. The Morgan fingerprint density at radius 3 is 2.50 bits per heavy atom. The van der Waals surface area contributed by atoms with Gasteiger partial charge in [-0.25, -0.2) is 8.42 Å². The number of nitrogens with one attached hydrogen (secondary N) is 2. The summed E-state index contributed by atoms with van der Waals surface area (Å²) in [7, 11) is -2.43. The molecule has 1 amide bonds. The summed E-state index contributed by atoms with van der Waals surface area (Å²) in [6, 6.07) is 8.74. The van der Waals surface area contributed by atoms with Gasteiger partial charge in [-0.05, 0) is 42.8 Å². The van der Waals surface area contributed by atoms with E-state index in [0.717, 1.165) is 0 Å². The summed E-state index contributed by atoms with van der Waals surface area (Å²) in [5.41, 5.74) is 1.34. The van der Waals surface area contributed by atoms with E-state index >= 15 is 0 Å². The number of hydrogen-bond acceptors (Lipinski definition) is 4. The number of ether oxygens (including phenoxy) is 1. The highest BCUT2D eigenvalue weighted by molar-refractivity contribution is 7.92. The van der Waals surface area contributed by atoms with Gasteiger partial charge in [-0.1, -0.05) is 17.7 Å². The number of aryl methyl sites for hydroxylation is 1. The van der Waals surface area contributed by atoms with Crippen LogP contribution < -0.4 is 14.8 Å². The zero-order valence-corrected chi connectivity index (χ0v) is 15.9. The zero-order chi connectivity index (χ0) is 19.3. The van der Waals surface area contributed by atoms with E-state index in [-0.39, 0.29) is 16.5 Å². The van der Waals surface area contributed by atoms with Crippen LogP contribution in [0.5, 0.6) is 5.75 Å². The van der Waals surface area contributed by atoms with Gasteiger partial charge < -0.3 is 10.1 Å². The second-order valence-corrected chi connectivity index (χ2v) is 7.52. The number of benzene rings is 2. The fraction of sp³-hybridized carbons (Fsp3) is 0.167. The number of halogens is 1. The Bertz CT molecular complexity index is 925. The van der Waals surface area contributed by atoms with Crippen molar-refractivity contribution in [2.45, 2.75) is 11.8 Å². The van der Waals surface area contributed by atoms with Crippen molar-refractivity contribution in [3.8, 4) is 5.75 Å². The standard InChI is InChI=1S/C18H19ClN2O4S/c1-4-9-20-18(22)13-5-7-14(8-6-13)26(23,24)21-16-10-12(2)15(19)11-17(16)25-3/h4-8,10-11,21H,1,9H2,2-3H3,(H,20,22). The van der Waals surface area contributed by atoms with E-state index in [1.807, 2.05) is 0 Å². The first-order valence-electron chi connectivity index (χ1n) is 7.64. The van der Waals surface area contributed by atoms with Gasteiger partial charge in [0, 0.05) is 23.2 Å². The lowest BCUT2D eigenvalue weighted by Crippen LogP contribution is -2.23. The molecule has 2 aromatic rings. The molecule has 138 valence electrons. The lowest BCUT2D eigenvalue weighted by Gasteiger charge is -2.14. The van der Waals surface area contributed by atoms with Crippen molar-refractivity contribution >= 4 is 33.2 Å². The van der Waals surface area contributed by atoms with Gasteiger partial charge in [0.2, 0.25) is 0 Å². The molecule has 0 saturated heterocycles. The van der Waals surface area contributed by atoms with Crippen LogP contribution in [0.1, 0.15) is 15.9 Å². The molecule has 0 aliphatic heterocycles. The van der Waals surface area contributed by atoms with E-state index in [1.165, 1.54) is 31.4 Å². The molecule has 0 aromatic heterocycles. The molecule has 0 saturated carbocycles. The molecule has 2 aromatic carbocycles. The van der Waals surface area contributed by atoms with Crippen LogP contribution in [-0.4, -0.2) is 28.0 Å². The van der Waals surface area contributed by atoms with Crippen molar-refractivity contribution < 1.29 is 17.9 Å². The molecule has 0 aliphatic carbocycles. The second-order valence-electron chi connectivity index (χ2n) is 5.43. The molecule has 0 atom stereocenters. The summed E-state index contributed by atoms with van der Waals surface area (Å²) in [6.45, 7) is 5.61. The van der Waals surface area contributed by atoms with Gasteiger partial charge in [-0.15, -0.1) is 6.58 Å². The lowest BCUT2D eigenvalue weighted by molar-refractivity contribution is 0.0958. The molecular formula is C18H19ClN2O4S. The maximum absolute atomic E-state index is 12.6. The minimum Gasteiger partial charge on any atom is -0.495 e. The van der Waals surface area contributed by atoms with Gasteiger partial charge in [0.25, 0.3) is 15.9 Å². The third-order valence-corrected chi connectivity index (χ3v) is 5.35. The van der Waals surface area contributed by atoms with Crippen molar-refractivity contribution in [3.63, 3.8) is 0 Å². The Labute approximate surface area is 157 Å². The van der Waals surface area contributed by atoms with Crippen molar-refractivity contribution in [1.82, 2.24) is 5.32 Å². The Morgan fingerprint density at radius 1 is 1.27 bits per heavy atom. The van der Waals surface area contributed by atoms with Crippen LogP contribution in [0.3, 0.4) is 0 Å². The first kappa shape index (κ1) is 19.8. The number of amides is 1. The summed E-state index contributed by atoms with van der Waals surface area (Å²) >= 11 is 6.03. The maximum atomic E-state index is 12.6. The molecule has 26 heavy (non-hydrogen) atoms. The number of methoxy groups -OCH3 is 1. The van der Waals surface area contributed by atoms with Gasteiger partial charge >= 0.3 is 0 Å². The van der Waals surface area contributed by atoms with Gasteiger partial charge in [0.05, 0.1) is 17.7 Å². The molecule has 2 rings (SSSR count). The van der Waals surface area contributed by atoms with Crippen LogP contribution in [0, 0.1) is 6.92 Å².